The van der Waals surface area contributed by atoms with Gasteiger partial charge in [0.1, 0.15) is 0 Å². The second-order valence-electron chi connectivity index (χ2n) is 5.38. The van der Waals surface area contributed by atoms with E-state index < -0.39 is 0 Å². The van der Waals surface area contributed by atoms with Crippen molar-refractivity contribution in [1.82, 2.24) is 9.78 Å². The predicted molar refractivity (Wildman–Crippen MR) is 85.9 cm³/mol. The Hall–Kier alpha value is -3.21. The third-order valence-corrected chi connectivity index (χ3v) is 3.89. The van der Waals surface area contributed by atoms with E-state index in [4.69, 9.17) is 0 Å². The molecule has 0 radical (unpaired) electrons. The first-order valence-corrected chi connectivity index (χ1v) is 7.26. The molecule has 0 atom stereocenters. The molecule has 0 bridgehead atoms. The van der Waals surface area contributed by atoms with Crippen LogP contribution in [-0.2, 0) is 0 Å². The lowest BCUT2D eigenvalue weighted by atomic mass is 10.1. The van der Waals surface area contributed by atoms with E-state index in [0.717, 1.165) is 5.69 Å². The number of aromatic nitrogens is 2. The summed E-state index contributed by atoms with van der Waals surface area (Å²) in [5, 5.41) is 4.38. The number of rotatable bonds is 2. The second kappa shape index (κ2) is 4.91. The average molecular weight is 303 g/mol. The number of hydrogen-bond donors (Lipinski definition) is 0. The summed E-state index contributed by atoms with van der Waals surface area (Å²) in [5.41, 5.74) is 2.95. The Balaban J connectivity index is 1.87. The average Bonchev–Trinajstić information content (AvgIpc) is 3.11. The normalized spacial score (nSPS) is 13.5. The number of para-hydroxylation sites is 2. The largest absolute Gasteiger partial charge is 0.268 e. The zero-order valence-corrected chi connectivity index (χ0v) is 12.4. The molecule has 0 saturated heterocycles. The monoisotopic (exact) mass is 303 g/mol. The number of fused-ring (bicyclic) bond motifs is 1. The highest BCUT2D eigenvalue weighted by atomic mass is 16.2. The van der Waals surface area contributed by atoms with Gasteiger partial charge in [0.25, 0.3) is 11.8 Å². The summed E-state index contributed by atoms with van der Waals surface area (Å²) in [4.78, 5) is 26.6. The molecule has 0 N–H and O–H groups in total. The van der Waals surface area contributed by atoms with Crippen LogP contribution in [0.4, 0.5) is 5.69 Å². The topological polar surface area (TPSA) is 55.2 Å². The number of aryl methyl sites for hydroxylation is 1. The van der Waals surface area contributed by atoms with E-state index in [1.165, 1.54) is 4.90 Å². The number of carbonyl (C=O) groups excluding carboxylic acids is 2. The Bertz CT molecular complexity index is 908. The summed E-state index contributed by atoms with van der Waals surface area (Å²) in [6, 6.07) is 16.0. The van der Waals surface area contributed by atoms with Crippen LogP contribution >= 0.6 is 0 Å². The maximum Gasteiger partial charge on any atom is 0.266 e. The molecule has 0 aliphatic carbocycles. The van der Waals surface area contributed by atoms with E-state index in [0.29, 0.717) is 22.5 Å². The van der Waals surface area contributed by atoms with Gasteiger partial charge in [0, 0.05) is 6.20 Å². The zero-order valence-electron chi connectivity index (χ0n) is 12.4. The van der Waals surface area contributed by atoms with Crippen molar-refractivity contribution in [3.63, 3.8) is 0 Å². The van der Waals surface area contributed by atoms with Crippen LogP contribution in [0.1, 0.15) is 26.4 Å². The van der Waals surface area contributed by atoms with Crippen LogP contribution in [0, 0.1) is 6.92 Å². The van der Waals surface area contributed by atoms with Crippen molar-refractivity contribution in [1.29, 1.82) is 0 Å². The first-order valence-electron chi connectivity index (χ1n) is 7.26. The fourth-order valence-corrected chi connectivity index (χ4v) is 2.80. The summed E-state index contributed by atoms with van der Waals surface area (Å²) in [5.74, 6) is -0.608. The van der Waals surface area contributed by atoms with Gasteiger partial charge in [-0.15, -0.1) is 0 Å². The van der Waals surface area contributed by atoms with Crippen LogP contribution in [-0.4, -0.2) is 21.6 Å². The quantitative estimate of drug-likeness (QED) is 0.684. The molecular formula is C18H13N3O2. The highest BCUT2D eigenvalue weighted by molar-refractivity contribution is 6.34. The van der Waals surface area contributed by atoms with Crippen molar-refractivity contribution in [2.24, 2.45) is 0 Å². The van der Waals surface area contributed by atoms with Gasteiger partial charge in [-0.05, 0) is 37.3 Å². The molecule has 1 aliphatic rings. The number of nitrogens with zero attached hydrogens (tertiary/aromatic N) is 3. The van der Waals surface area contributed by atoms with Crippen LogP contribution < -0.4 is 4.90 Å². The molecule has 5 nitrogen and oxygen atoms in total. The smallest absolute Gasteiger partial charge is 0.266 e. The van der Waals surface area contributed by atoms with Crippen molar-refractivity contribution >= 4 is 17.5 Å². The van der Waals surface area contributed by atoms with Gasteiger partial charge in [-0.1, -0.05) is 24.3 Å². The number of hydrogen-bond acceptors (Lipinski definition) is 3. The minimum Gasteiger partial charge on any atom is -0.268 e. The van der Waals surface area contributed by atoms with Crippen LogP contribution in [0.3, 0.4) is 0 Å². The lowest BCUT2D eigenvalue weighted by molar-refractivity contribution is 0.0926. The van der Waals surface area contributed by atoms with Crippen molar-refractivity contribution < 1.29 is 9.59 Å². The molecule has 4 rings (SSSR count). The van der Waals surface area contributed by atoms with Crippen molar-refractivity contribution in [3.8, 4) is 5.69 Å². The van der Waals surface area contributed by atoms with Gasteiger partial charge in [0.05, 0.1) is 28.2 Å². The zero-order chi connectivity index (χ0) is 16.0. The van der Waals surface area contributed by atoms with E-state index >= 15 is 0 Å². The minimum atomic E-state index is -0.304. The Morgan fingerprint density at radius 1 is 0.783 bits per heavy atom. The summed E-state index contributed by atoms with van der Waals surface area (Å²) in [6.45, 7) is 1.89. The minimum absolute atomic E-state index is 0.304. The molecule has 0 unspecified atom stereocenters. The second-order valence-corrected chi connectivity index (χ2v) is 5.38. The van der Waals surface area contributed by atoms with E-state index in [9.17, 15) is 9.59 Å². The summed E-state index contributed by atoms with van der Waals surface area (Å²) >= 11 is 0. The number of imide groups is 1. The molecule has 2 heterocycles. The predicted octanol–water partition coefficient (Wildman–Crippen LogP) is 2.98. The SMILES string of the molecule is Cc1ccn(-c2ccccc2N2C(=O)c3ccccc3C2=O)n1. The highest BCUT2D eigenvalue weighted by Crippen LogP contribution is 2.32. The van der Waals surface area contributed by atoms with E-state index in [1.807, 2.05) is 31.3 Å². The van der Waals surface area contributed by atoms with E-state index in [1.54, 1.807) is 41.1 Å². The fraction of sp³-hybridized carbons (Fsp3) is 0.0556. The maximum absolute atomic E-state index is 12.7. The van der Waals surface area contributed by atoms with Crippen molar-refractivity contribution in [2.45, 2.75) is 6.92 Å². The van der Waals surface area contributed by atoms with Gasteiger partial charge < -0.3 is 0 Å². The van der Waals surface area contributed by atoms with Gasteiger partial charge >= 0.3 is 0 Å². The number of anilines is 1. The van der Waals surface area contributed by atoms with Crippen molar-refractivity contribution in [3.05, 3.63) is 77.6 Å². The first kappa shape index (κ1) is 13.5. The lowest BCUT2D eigenvalue weighted by Crippen LogP contribution is -2.30. The fourth-order valence-electron chi connectivity index (χ4n) is 2.80. The van der Waals surface area contributed by atoms with Gasteiger partial charge in [0.15, 0.2) is 0 Å². The van der Waals surface area contributed by atoms with Crippen LogP contribution in [0.25, 0.3) is 5.69 Å². The molecule has 3 aromatic rings. The van der Waals surface area contributed by atoms with Gasteiger partial charge in [-0.25, -0.2) is 9.58 Å². The Morgan fingerprint density at radius 3 is 1.91 bits per heavy atom. The molecular weight excluding hydrogens is 290 g/mol. The highest BCUT2D eigenvalue weighted by Gasteiger charge is 2.37. The molecule has 1 aromatic heterocycles. The van der Waals surface area contributed by atoms with Crippen LogP contribution in [0.15, 0.2) is 60.8 Å². The molecule has 2 aromatic carbocycles. The Kier molecular flexibility index (Phi) is 2.87. The molecule has 1 aliphatic heterocycles. The van der Waals surface area contributed by atoms with Gasteiger partial charge in [0.2, 0.25) is 0 Å². The van der Waals surface area contributed by atoms with E-state index in [-0.39, 0.29) is 11.8 Å². The number of carbonyl (C=O) groups is 2. The van der Waals surface area contributed by atoms with Crippen LogP contribution in [0.2, 0.25) is 0 Å². The number of benzene rings is 2. The Labute approximate surface area is 132 Å². The maximum atomic E-state index is 12.7. The van der Waals surface area contributed by atoms with Crippen molar-refractivity contribution in [2.75, 3.05) is 4.90 Å². The summed E-state index contributed by atoms with van der Waals surface area (Å²) in [7, 11) is 0. The van der Waals surface area contributed by atoms with Crippen LogP contribution in [0.5, 0.6) is 0 Å². The van der Waals surface area contributed by atoms with Gasteiger partial charge in [-0.3, -0.25) is 9.59 Å². The third kappa shape index (κ3) is 1.97. The standard InChI is InChI=1S/C18H13N3O2/c1-12-10-11-20(19-12)15-8-4-5-9-16(15)21-17(22)13-6-2-3-7-14(13)18(21)23/h2-11H,1H3. The molecule has 2 amide bonds. The third-order valence-electron chi connectivity index (χ3n) is 3.89. The molecule has 112 valence electrons. The Morgan fingerprint density at radius 2 is 1.35 bits per heavy atom. The molecule has 0 saturated carbocycles. The molecule has 0 fully saturated rings. The summed E-state index contributed by atoms with van der Waals surface area (Å²) < 4.78 is 1.67. The molecule has 0 spiro atoms. The summed E-state index contributed by atoms with van der Waals surface area (Å²) in [6.07, 6.45) is 1.81. The van der Waals surface area contributed by atoms with E-state index in [2.05, 4.69) is 5.10 Å². The molecule has 23 heavy (non-hydrogen) atoms. The number of amides is 2. The lowest BCUT2D eigenvalue weighted by Gasteiger charge is -2.18. The first-order chi connectivity index (χ1) is 11.2. The van der Waals surface area contributed by atoms with Gasteiger partial charge in [-0.2, -0.15) is 5.10 Å². The molecule has 5 heteroatoms.